The van der Waals surface area contributed by atoms with Crippen molar-refractivity contribution < 1.29 is 15.0 Å². The summed E-state index contributed by atoms with van der Waals surface area (Å²) in [6.45, 7) is 2.43. The molecule has 0 spiro atoms. The fourth-order valence-electron chi connectivity index (χ4n) is 0.856. The van der Waals surface area contributed by atoms with E-state index in [0.717, 1.165) is 0 Å². The number of carbonyl (C=O) groups excluding carboxylic acids is 1. The lowest BCUT2D eigenvalue weighted by molar-refractivity contribution is -0.127. The van der Waals surface area contributed by atoms with Gasteiger partial charge in [-0.3, -0.25) is 4.79 Å². The van der Waals surface area contributed by atoms with E-state index in [9.17, 15) is 4.79 Å². The van der Waals surface area contributed by atoms with E-state index in [4.69, 9.17) is 10.2 Å². The molecule has 4 nitrogen and oxygen atoms in total. The highest BCUT2D eigenvalue weighted by molar-refractivity contribution is 5.94. The van der Waals surface area contributed by atoms with Gasteiger partial charge >= 0.3 is 0 Å². The smallest absolute Gasteiger partial charge is 0.292 e. The fraction of sp³-hybridized carbons (Fsp3) is 0.500. The highest BCUT2D eigenvalue weighted by Crippen LogP contribution is 2.12. The standard InChI is InChI=1S/C6H9NO3/c1-2-7-3-4(8)5(9)6(7)10/h8-9H,2-3H2,1H3. The first-order valence-electron chi connectivity index (χ1n) is 3.07. The van der Waals surface area contributed by atoms with Crippen molar-refractivity contribution in [2.75, 3.05) is 13.1 Å². The summed E-state index contributed by atoms with van der Waals surface area (Å²) in [4.78, 5) is 12.2. The van der Waals surface area contributed by atoms with Crippen molar-refractivity contribution in [1.29, 1.82) is 0 Å². The molecule has 0 atom stereocenters. The molecule has 56 valence electrons. The summed E-state index contributed by atoms with van der Waals surface area (Å²) >= 11 is 0. The zero-order valence-corrected chi connectivity index (χ0v) is 5.66. The maximum atomic E-state index is 10.8. The molecular weight excluding hydrogens is 134 g/mol. The summed E-state index contributed by atoms with van der Waals surface area (Å²) in [5, 5.41) is 17.6. The van der Waals surface area contributed by atoms with Gasteiger partial charge in [0, 0.05) is 6.54 Å². The van der Waals surface area contributed by atoms with Gasteiger partial charge in [-0.1, -0.05) is 0 Å². The van der Waals surface area contributed by atoms with Crippen LogP contribution in [0.2, 0.25) is 0 Å². The van der Waals surface area contributed by atoms with E-state index >= 15 is 0 Å². The van der Waals surface area contributed by atoms with Crippen LogP contribution in [0.1, 0.15) is 6.92 Å². The highest BCUT2D eigenvalue weighted by atomic mass is 16.3. The molecule has 1 aliphatic rings. The maximum Gasteiger partial charge on any atom is 0.292 e. The Morgan fingerprint density at radius 3 is 2.40 bits per heavy atom. The van der Waals surface area contributed by atoms with E-state index < -0.39 is 11.7 Å². The van der Waals surface area contributed by atoms with E-state index in [1.165, 1.54) is 4.90 Å². The van der Waals surface area contributed by atoms with Crippen LogP contribution in [0.15, 0.2) is 11.5 Å². The van der Waals surface area contributed by atoms with Crippen LogP contribution in [0.25, 0.3) is 0 Å². The summed E-state index contributed by atoms with van der Waals surface area (Å²) in [6, 6.07) is 0. The SMILES string of the molecule is CCN1CC(O)=C(O)C1=O. The van der Waals surface area contributed by atoms with Crippen LogP contribution in [0.4, 0.5) is 0 Å². The number of aliphatic hydroxyl groups is 2. The van der Waals surface area contributed by atoms with Crippen LogP contribution in [-0.4, -0.2) is 34.1 Å². The van der Waals surface area contributed by atoms with Crippen molar-refractivity contribution in [3.63, 3.8) is 0 Å². The average molecular weight is 143 g/mol. The number of hydrogen-bond acceptors (Lipinski definition) is 3. The molecule has 1 amide bonds. The van der Waals surface area contributed by atoms with Crippen LogP contribution in [-0.2, 0) is 4.79 Å². The molecule has 1 rings (SSSR count). The Kier molecular flexibility index (Phi) is 1.53. The maximum absolute atomic E-state index is 10.8. The van der Waals surface area contributed by atoms with Crippen LogP contribution in [0.5, 0.6) is 0 Å². The van der Waals surface area contributed by atoms with Crippen LogP contribution in [0, 0.1) is 0 Å². The molecule has 0 fully saturated rings. The molecule has 0 aromatic heterocycles. The lowest BCUT2D eigenvalue weighted by Gasteiger charge is -2.10. The number of nitrogens with zero attached hydrogens (tertiary/aromatic N) is 1. The van der Waals surface area contributed by atoms with Gasteiger partial charge in [-0.25, -0.2) is 0 Å². The molecule has 0 unspecified atom stereocenters. The molecule has 4 heteroatoms. The largest absolute Gasteiger partial charge is 0.507 e. The molecule has 0 saturated heterocycles. The molecule has 10 heavy (non-hydrogen) atoms. The Morgan fingerprint density at radius 1 is 1.60 bits per heavy atom. The zero-order chi connectivity index (χ0) is 7.72. The molecule has 1 aliphatic heterocycles. The second-order valence-electron chi connectivity index (χ2n) is 2.11. The Morgan fingerprint density at radius 2 is 2.20 bits per heavy atom. The topological polar surface area (TPSA) is 60.8 Å². The predicted molar refractivity (Wildman–Crippen MR) is 34.5 cm³/mol. The second kappa shape index (κ2) is 2.21. The van der Waals surface area contributed by atoms with Gasteiger partial charge in [-0.05, 0) is 6.92 Å². The van der Waals surface area contributed by atoms with Gasteiger partial charge in [0.1, 0.15) is 0 Å². The van der Waals surface area contributed by atoms with Crippen molar-refractivity contribution in [3.8, 4) is 0 Å². The van der Waals surface area contributed by atoms with Crippen LogP contribution < -0.4 is 0 Å². The van der Waals surface area contributed by atoms with Gasteiger partial charge in [0.05, 0.1) is 6.54 Å². The van der Waals surface area contributed by atoms with E-state index in [2.05, 4.69) is 0 Å². The van der Waals surface area contributed by atoms with Crippen molar-refractivity contribution in [2.24, 2.45) is 0 Å². The summed E-state index contributed by atoms with van der Waals surface area (Å²) in [5.41, 5.74) is 0. The number of hydrogen-bond donors (Lipinski definition) is 2. The Hall–Kier alpha value is -1.19. The molecule has 0 saturated carbocycles. The van der Waals surface area contributed by atoms with E-state index in [1.54, 1.807) is 6.92 Å². The van der Waals surface area contributed by atoms with Gasteiger partial charge in [-0.15, -0.1) is 0 Å². The number of rotatable bonds is 1. The number of amides is 1. The van der Waals surface area contributed by atoms with Gasteiger partial charge in [0.15, 0.2) is 5.76 Å². The predicted octanol–water partition coefficient (Wildman–Crippen LogP) is 0.176. The third kappa shape index (κ3) is 0.814. The molecular formula is C6H9NO3. The van der Waals surface area contributed by atoms with Crippen molar-refractivity contribution in [2.45, 2.75) is 6.92 Å². The second-order valence-corrected chi connectivity index (χ2v) is 2.11. The van der Waals surface area contributed by atoms with Gasteiger partial charge in [0.25, 0.3) is 5.91 Å². The lowest BCUT2D eigenvalue weighted by Crippen LogP contribution is -2.26. The van der Waals surface area contributed by atoms with Gasteiger partial charge in [0.2, 0.25) is 5.76 Å². The molecule has 0 aromatic carbocycles. The molecule has 2 N–H and O–H groups in total. The van der Waals surface area contributed by atoms with Crippen molar-refractivity contribution in [1.82, 2.24) is 4.90 Å². The monoisotopic (exact) mass is 143 g/mol. The first kappa shape index (κ1) is 6.92. The van der Waals surface area contributed by atoms with E-state index in [1.807, 2.05) is 0 Å². The Balaban J connectivity index is 2.77. The highest BCUT2D eigenvalue weighted by Gasteiger charge is 2.28. The zero-order valence-electron chi connectivity index (χ0n) is 5.66. The summed E-state index contributed by atoms with van der Waals surface area (Å²) in [5.74, 6) is -1.23. The fourth-order valence-corrected chi connectivity index (χ4v) is 0.856. The first-order valence-corrected chi connectivity index (χ1v) is 3.07. The van der Waals surface area contributed by atoms with Gasteiger partial charge < -0.3 is 15.1 Å². The minimum Gasteiger partial charge on any atom is -0.507 e. The number of aliphatic hydroxyl groups excluding tert-OH is 2. The molecule has 0 aromatic rings. The van der Waals surface area contributed by atoms with Crippen LogP contribution in [0.3, 0.4) is 0 Å². The number of likely N-dealkylation sites (N-methyl/N-ethyl adjacent to an activating group) is 1. The molecule has 0 bridgehead atoms. The van der Waals surface area contributed by atoms with E-state index in [-0.39, 0.29) is 12.3 Å². The third-order valence-electron chi connectivity index (χ3n) is 1.49. The third-order valence-corrected chi connectivity index (χ3v) is 1.49. The van der Waals surface area contributed by atoms with Crippen LogP contribution >= 0.6 is 0 Å². The number of carbonyl (C=O) groups is 1. The summed E-state index contributed by atoms with van der Waals surface area (Å²) < 4.78 is 0. The Labute approximate surface area is 58.4 Å². The van der Waals surface area contributed by atoms with E-state index in [0.29, 0.717) is 6.54 Å². The van der Waals surface area contributed by atoms with Gasteiger partial charge in [-0.2, -0.15) is 0 Å². The normalized spacial score (nSPS) is 18.9. The summed E-state index contributed by atoms with van der Waals surface area (Å²) in [7, 11) is 0. The minimum atomic E-state index is -0.512. The van der Waals surface area contributed by atoms with Crippen molar-refractivity contribution >= 4 is 5.91 Å². The quantitative estimate of drug-likeness (QED) is 0.550. The molecule has 0 radical (unpaired) electrons. The molecule has 0 aliphatic carbocycles. The average Bonchev–Trinajstić information content (AvgIpc) is 2.17. The van der Waals surface area contributed by atoms with Crippen molar-refractivity contribution in [3.05, 3.63) is 11.5 Å². The lowest BCUT2D eigenvalue weighted by atomic mass is 10.5. The first-order chi connectivity index (χ1) is 4.66. The molecule has 1 heterocycles. The summed E-state index contributed by atoms with van der Waals surface area (Å²) in [6.07, 6.45) is 0. The minimum absolute atomic E-state index is 0.140. The Bertz CT molecular complexity index is 197.